The van der Waals surface area contributed by atoms with Crippen molar-refractivity contribution in [2.45, 2.75) is 32.1 Å². The van der Waals surface area contributed by atoms with Crippen LogP contribution in [0.15, 0.2) is 16.9 Å². The summed E-state index contributed by atoms with van der Waals surface area (Å²) < 4.78 is 0.914. The second-order valence-corrected chi connectivity index (χ2v) is 6.86. The highest BCUT2D eigenvalue weighted by molar-refractivity contribution is 9.10. The maximum atomic E-state index is 4.36. The van der Waals surface area contributed by atoms with E-state index in [0.29, 0.717) is 5.92 Å². The largest absolute Gasteiger partial charge is 0.341 e. The molecule has 2 aromatic rings. The van der Waals surface area contributed by atoms with Crippen LogP contribution in [0.2, 0.25) is 0 Å². The van der Waals surface area contributed by atoms with Crippen molar-refractivity contribution in [2.24, 2.45) is 0 Å². The summed E-state index contributed by atoms with van der Waals surface area (Å²) in [6, 6.07) is 0. The molecule has 20 heavy (non-hydrogen) atoms. The minimum Gasteiger partial charge on any atom is -0.341 e. The van der Waals surface area contributed by atoms with E-state index >= 15 is 0 Å². The molecule has 0 spiro atoms. The first kappa shape index (κ1) is 13.9. The Morgan fingerprint density at radius 2 is 1.95 bits per heavy atom. The molecular weight excluding hydrogens is 338 g/mol. The van der Waals surface area contributed by atoms with E-state index in [1.165, 1.54) is 5.01 Å². The lowest BCUT2D eigenvalue weighted by Crippen LogP contribution is -2.34. The molecule has 0 saturated carbocycles. The van der Waals surface area contributed by atoms with Gasteiger partial charge in [-0.2, -0.15) is 0 Å². The van der Waals surface area contributed by atoms with E-state index in [4.69, 9.17) is 0 Å². The zero-order valence-electron chi connectivity index (χ0n) is 11.3. The molecule has 7 heteroatoms. The number of anilines is 1. The number of hydrogen-bond donors (Lipinski definition) is 0. The van der Waals surface area contributed by atoms with Crippen LogP contribution in [0.5, 0.6) is 0 Å². The molecule has 1 aliphatic rings. The van der Waals surface area contributed by atoms with Crippen LogP contribution in [0.3, 0.4) is 0 Å². The molecule has 0 aliphatic carbocycles. The number of hydrogen-bond acceptors (Lipinski definition) is 6. The molecule has 3 heterocycles. The number of rotatable bonds is 3. The molecule has 2 aromatic heterocycles. The Kier molecular flexibility index (Phi) is 4.26. The van der Waals surface area contributed by atoms with Gasteiger partial charge in [-0.1, -0.05) is 6.92 Å². The van der Waals surface area contributed by atoms with Crippen molar-refractivity contribution in [3.63, 3.8) is 0 Å². The Labute approximate surface area is 130 Å². The summed E-state index contributed by atoms with van der Waals surface area (Å²) in [7, 11) is 0. The van der Waals surface area contributed by atoms with Crippen molar-refractivity contribution in [2.75, 3.05) is 18.0 Å². The fourth-order valence-electron chi connectivity index (χ4n) is 2.37. The van der Waals surface area contributed by atoms with Crippen molar-refractivity contribution in [3.8, 4) is 0 Å². The predicted molar refractivity (Wildman–Crippen MR) is 83.2 cm³/mol. The van der Waals surface area contributed by atoms with Crippen molar-refractivity contribution < 1.29 is 0 Å². The smallest absolute Gasteiger partial charge is 0.225 e. The summed E-state index contributed by atoms with van der Waals surface area (Å²) in [6.07, 6.45) is 6.76. The molecule has 5 nitrogen and oxygen atoms in total. The molecule has 0 amide bonds. The van der Waals surface area contributed by atoms with Gasteiger partial charge < -0.3 is 4.90 Å². The van der Waals surface area contributed by atoms with Crippen LogP contribution in [0.1, 0.15) is 35.7 Å². The van der Waals surface area contributed by atoms with Crippen molar-refractivity contribution in [1.82, 2.24) is 20.2 Å². The van der Waals surface area contributed by atoms with Gasteiger partial charge in [-0.15, -0.1) is 21.5 Å². The maximum Gasteiger partial charge on any atom is 0.225 e. The Bertz CT molecular complexity index is 562. The van der Waals surface area contributed by atoms with Crippen LogP contribution >= 0.6 is 27.3 Å². The normalized spacial score (nSPS) is 16.6. The molecule has 0 radical (unpaired) electrons. The van der Waals surface area contributed by atoms with Crippen molar-refractivity contribution in [3.05, 3.63) is 26.9 Å². The highest BCUT2D eigenvalue weighted by atomic mass is 79.9. The van der Waals surface area contributed by atoms with Gasteiger partial charge in [-0.05, 0) is 35.2 Å². The average Bonchev–Trinajstić information content (AvgIpc) is 2.97. The maximum absolute atomic E-state index is 4.36. The van der Waals surface area contributed by atoms with Gasteiger partial charge in [0, 0.05) is 31.4 Å². The standard InChI is InChI=1S/C13H16BrN5S/c1-2-11-17-18-12(20-11)9-3-5-19(6-4-9)13-15-7-10(14)8-16-13/h7-9H,2-6H2,1H3. The highest BCUT2D eigenvalue weighted by Crippen LogP contribution is 2.31. The third-order valence-corrected chi connectivity index (χ3v) is 5.16. The minimum atomic E-state index is 0.541. The van der Waals surface area contributed by atoms with E-state index in [9.17, 15) is 0 Å². The van der Waals surface area contributed by atoms with Crippen LogP contribution in [0.4, 0.5) is 5.95 Å². The lowest BCUT2D eigenvalue weighted by atomic mass is 9.98. The molecular formula is C13H16BrN5S. The summed E-state index contributed by atoms with van der Waals surface area (Å²) in [5.41, 5.74) is 0. The molecule has 1 saturated heterocycles. The number of aryl methyl sites for hydroxylation is 1. The number of halogens is 1. The van der Waals surface area contributed by atoms with Crippen LogP contribution < -0.4 is 4.90 Å². The summed E-state index contributed by atoms with van der Waals surface area (Å²) in [5, 5.41) is 10.9. The number of nitrogens with zero attached hydrogens (tertiary/aromatic N) is 5. The SMILES string of the molecule is CCc1nnc(C2CCN(c3ncc(Br)cn3)CC2)s1. The molecule has 0 bridgehead atoms. The van der Waals surface area contributed by atoms with Gasteiger partial charge in [-0.25, -0.2) is 9.97 Å². The first-order valence-electron chi connectivity index (χ1n) is 6.81. The van der Waals surface area contributed by atoms with Gasteiger partial charge in [0.25, 0.3) is 0 Å². The Balaban J connectivity index is 1.63. The van der Waals surface area contributed by atoms with Crippen molar-refractivity contribution >= 4 is 33.2 Å². The van der Waals surface area contributed by atoms with Crippen LogP contribution in [0.25, 0.3) is 0 Å². The van der Waals surface area contributed by atoms with Crippen molar-refractivity contribution in [1.29, 1.82) is 0 Å². The lowest BCUT2D eigenvalue weighted by Gasteiger charge is -2.30. The molecule has 1 aliphatic heterocycles. The van der Waals surface area contributed by atoms with Gasteiger partial charge in [0.05, 0.1) is 4.47 Å². The van der Waals surface area contributed by atoms with E-state index in [1.807, 2.05) is 0 Å². The van der Waals surface area contributed by atoms with Crippen LogP contribution in [-0.4, -0.2) is 33.3 Å². The van der Waals surface area contributed by atoms with E-state index < -0.39 is 0 Å². The molecule has 1 fully saturated rings. The highest BCUT2D eigenvalue weighted by Gasteiger charge is 2.24. The van der Waals surface area contributed by atoms with Gasteiger partial charge in [0.1, 0.15) is 10.0 Å². The number of aromatic nitrogens is 4. The molecule has 3 rings (SSSR count). The van der Waals surface area contributed by atoms with Gasteiger partial charge in [0.15, 0.2) is 0 Å². The molecule has 0 aromatic carbocycles. The second-order valence-electron chi connectivity index (χ2n) is 4.85. The summed E-state index contributed by atoms with van der Waals surface area (Å²) in [5.74, 6) is 1.36. The topological polar surface area (TPSA) is 54.8 Å². The van der Waals surface area contributed by atoms with Crippen LogP contribution in [0, 0.1) is 0 Å². The molecule has 0 N–H and O–H groups in total. The first-order valence-corrected chi connectivity index (χ1v) is 8.42. The van der Waals surface area contributed by atoms with E-state index in [2.05, 4.69) is 47.9 Å². The predicted octanol–water partition coefficient (Wildman–Crippen LogP) is 3.04. The third-order valence-electron chi connectivity index (χ3n) is 3.52. The Morgan fingerprint density at radius 3 is 2.55 bits per heavy atom. The van der Waals surface area contributed by atoms with Gasteiger partial charge in [-0.3, -0.25) is 0 Å². The summed E-state index contributed by atoms with van der Waals surface area (Å²) >= 11 is 5.12. The number of piperidine rings is 1. The van der Waals surface area contributed by atoms with E-state index in [1.54, 1.807) is 23.7 Å². The Hall–Kier alpha value is -1.08. The minimum absolute atomic E-state index is 0.541. The molecule has 106 valence electrons. The van der Waals surface area contributed by atoms with Crippen LogP contribution in [-0.2, 0) is 6.42 Å². The Morgan fingerprint density at radius 1 is 1.25 bits per heavy atom. The monoisotopic (exact) mass is 353 g/mol. The first-order chi connectivity index (χ1) is 9.76. The molecule has 0 atom stereocenters. The zero-order chi connectivity index (χ0) is 13.9. The zero-order valence-corrected chi connectivity index (χ0v) is 13.7. The fraction of sp³-hybridized carbons (Fsp3) is 0.538. The molecule has 0 unspecified atom stereocenters. The summed E-state index contributed by atoms with van der Waals surface area (Å²) in [6.45, 7) is 4.08. The fourth-order valence-corrected chi connectivity index (χ4v) is 3.53. The second kappa shape index (κ2) is 6.13. The summed E-state index contributed by atoms with van der Waals surface area (Å²) in [4.78, 5) is 11.0. The van der Waals surface area contributed by atoms with E-state index in [0.717, 1.165) is 47.8 Å². The quantitative estimate of drug-likeness (QED) is 0.848. The van der Waals surface area contributed by atoms with Gasteiger partial charge >= 0.3 is 0 Å². The van der Waals surface area contributed by atoms with Gasteiger partial charge in [0.2, 0.25) is 5.95 Å². The lowest BCUT2D eigenvalue weighted by molar-refractivity contribution is 0.495. The third kappa shape index (κ3) is 2.98. The average molecular weight is 354 g/mol. The van der Waals surface area contributed by atoms with E-state index in [-0.39, 0.29) is 0 Å².